The highest BCUT2D eigenvalue weighted by atomic mass is 32.2. The first-order valence-corrected chi connectivity index (χ1v) is 8.20. The Hall–Kier alpha value is -1.56. The lowest BCUT2D eigenvalue weighted by molar-refractivity contribution is -0.128. The Kier molecular flexibility index (Phi) is 6.01. The first-order valence-electron chi connectivity index (χ1n) is 6.38. The molecule has 5 nitrogen and oxygen atoms in total. The third-order valence-corrected chi connectivity index (χ3v) is 4.57. The maximum atomic E-state index is 12.0. The van der Waals surface area contributed by atoms with Gasteiger partial charge in [0.15, 0.2) is 9.84 Å². The van der Waals surface area contributed by atoms with E-state index in [2.05, 4.69) is 0 Å². The van der Waals surface area contributed by atoms with E-state index in [4.69, 9.17) is 4.74 Å². The van der Waals surface area contributed by atoms with Crippen LogP contribution in [0.3, 0.4) is 0 Å². The van der Waals surface area contributed by atoms with E-state index in [-0.39, 0.29) is 23.8 Å². The van der Waals surface area contributed by atoms with E-state index in [0.717, 1.165) is 0 Å². The van der Waals surface area contributed by atoms with Gasteiger partial charge in [0.1, 0.15) is 5.75 Å². The van der Waals surface area contributed by atoms with Crippen LogP contribution in [0.1, 0.15) is 18.4 Å². The Bertz CT molecular complexity index is 552. The summed E-state index contributed by atoms with van der Waals surface area (Å²) in [6.45, 7) is 0. The van der Waals surface area contributed by atoms with Crippen LogP contribution in [-0.4, -0.2) is 46.2 Å². The minimum Gasteiger partial charge on any atom is -0.496 e. The van der Waals surface area contributed by atoms with E-state index in [9.17, 15) is 13.2 Å². The Morgan fingerprint density at radius 1 is 1.25 bits per heavy atom. The van der Waals surface area contributed by atoms with Crippen molar-refractivity contribution >= 4 is 15.7 Å². The molecule has 20 heavy (non-hydrogen) atoms. The molecule has 0 atom stereocenters. The highest BCUT2D eigenvalue weighted by molar-refractivity contribution is 7.90. The van der Waals surface area contributed by atoms with Crippen LogP contribution in [0, 0.1) is 0 Å². The van der Waals surface area contributed by atoms with Gasteiger partial charge in [-0.25, -0.2) is 8.42 Å². The van der Waals surface area contributed by atoms with Crippen molar-refractivity contribution in [2.45, 2.75) is 18.6 Å². The van der Waals surface area contributed by atoms with Crippen LogP contribution in [0.4, 0.5) is 0 Å². The van der Waals surface area contributed by atoms with Crippen molar-refractivity contribution in [2.75, 3.05) is 27.0 Å². The van der Waals surface area contributed by atoms with E-state index in [1.54, 1.807) is 38.4 Å². The number of ether oxygens (including phenoxy) is 1. The second-order valence-corrected chi connectivity index (χ2v) is 6.98. The molecule has 1 amide bonds. The number of methoxy groups -OCH3 is 1. The molecule has 0 spiro atoms. The molecule has 0 saturated carbocycles. The van der Waals surface area contributed by atoms with Crippen molar-refractivity contribution in [3.63, 3.8) is 0 Å². The largest absolute Gasteiger partial charge is 0.496 e. The van der Waals surface area contributed by atoms with Gasteiger partial charge in [-0.05, 0) is 12.5 Å². The molecule has 1 aromatic carbocycles. The molecule has 0 unspecified atom stereocenters. The lowest BCUT2D eigenvalue weighted by Crippen LogP contribution is -2.22. The van der Waals surface area contributed by atoms with Gasteiger partial charge in [-0.15, -0.1) is 0 Å². The molecule has 0 aromatic heterocycles. The van der Waals surface area contributed by atoms with Crippen LogP contribution >= 0.6 is 0 Å². The van der Waals surface area contributed by atoms with E-state index < -0.39 is 9.84 Å². The molecule has 0 aliphatic carbocycles. The molecular formula is C14H21NO4S. The summed E-state index contributed by atoms with van der Waals surface area (Å²) in [6.07, 6.45) is 0.590. The molecule has 0 fully saturated rings. The SMILES string of the molecule is COc1ccccc1CS(=O)(=O)CCCC(=O)N(C)C. The van der Waals surface area contributed by atoms with Crippen molar-refractivity contribution in [1.29, 1.82) is 0 Å². The molecule has 0 bridgehead atoms. The normalized spacial score (nSPS) is 11.2. The number of nitrogens with zero attached hydrogens (tertiary/aromatic N) is 1. The number of benzene rings is 1. The maximum Gasteiger partial charge on any atom is 0.222 e. The fourth-order valence-corrected chi connectivity index (χ4v) is 3.24. The van der Waals surface area contributed by atoms with Gasteiger partial charge in [0.05, 0.1) is 18.6 Å². The average molecular weight is 299 g/mol. The third kappa shape index (κ3) is 5.21. The molecule has 1 aromatic rings. The van der Waals surface area contributed by atoms with E-state index in [1.807, 2.05) is 0 Å². The zero-order valence-electron chi connectivity index (χ0n) is 12.1. The Morgan fingerprint density at radius 3 is 2.50 bits per heavy atom. The fourth-order valence-electron chi connectivity index (χ4n) is 1.80. The summed E-state index contributed by atoms with van der Waals surface area (Å²) in [5, 5.41) is 0. The minimum absolute atomic E-state index is 0.00459. The molecule has 0 radical (unpaired) electrons. The first-order chi connectivity index (χ1) is 9.35. The lowest BCUT2D eigenvalue weighted by Gasteiger charge is -2.11. The van der Waals surface area contributed by atoms with Gasteiger partial charge in [-0.1, -0.05) is 18.2 Å². The molecule has 0 N–H and O–H groups in total. The zero-order chi connectivity index (χ0) is 15.2. The smallest absolute Gasteiger partial charge is 0.222 e. The number of sulfone groups is 1. The van der Waals surface area contributed by atoms with Crippen LogP contribution in [0.25, 0.3) is 0 Å². The van der Waals surface area contributed by atoms with Crippen molar-refractivity contribution in [3.05, 3.63) is 29.8 Å². The zero-order valence-corrected chi connectivity index (χ0v) is 12.9. The lowest BCUT2D eigenvalue weighted by atomic mass is 10.2. The van der Waals surface area contributed by atoms with Crippen LogP contribution in [-0.2, 0) is 20.4 Å². The Morgan fingerprint density at radius 2 is 1.90 bits per heavy atom. The predicted molar refractivity (Wildman–Crippen MR) is 78.4 cm³/mol. The number of hydrogen-bond acceptors (Lipinski definition) is 4. The second-order valence-electron chi connectivity index (χ2n) is 4.80. The molecule has 0 saturated heterocycles. The van der Waals surface area contributed by atoms with Gasteiger partial charge in [0.25, 0.3) is 0 Å². The fraction of sp³-hybridized carbons (Fsp3) is 0.500. The van der Waals surface area contributed by atoms with Crippen LogP contribution in [0.2, 0.25) is 0 Å². The predicted octanol–water partition coefficient (Wildman–Crippen LogP) is 1.48. The standard InChI is InChI=1S/C14H21NO4S/c1-15(2)14(16)9-6-10-20(17,18)11-12-7-4-5-8-13(12)19-3/h4-5,7-8H,6,9-11H2,1-3H3. The monoisotopic (exact) mass is 299 g/mol. The summed E-state index contributed by atoms with van der Waals surface area (Å²) in [4.78, 5) is 12.9. The first kappa shape index (κ1) is 16.5. The van der Waals surface area contributed by atoms with Crippen molar-refractivity contribution in [2.24, 2.45) is 0 Å². The van der Waals surface area contributed by atoms with Crippen molar-refractivity contribution in [1.82, 2.24) is 4.90 Å². The summed E-state index contributed by atoms with van der Waals surface area (Å²) < 4.78 is 29.2. The number of rotatable bonds is 7. The van der Waals surface area contributed by atoms with Gasteiger partial charge >= 0.3 is 0 Å². The number of hydrogen-bond donors (Lipinski definition) is 0. The van der Waals surface area contributed by atoms with Crippen molar-refractivity contribution in [3.8, 4) is 5.75 Å². The molecule has 6 heteroatoms. The number of para-hydroxylation sites is 1. The molecule has 112 valence electrons. The van der Waals surface area contributed by atoms with Gasteiger partial charge in [-0.2, -0.15) is 0 Å². The van der Waals surface area contributed by atoms with E-state index >= 15 is 0 Å². The van der Waals surface area contributed by atoms with Crippen molar-refractivity contribution < 1.29 is 17.9 Å². The summed E-state index contributed by atoms with van der Waals surface area (Å²) in [5.74, 6) is 0.454. The van der Waals surface area contributed by atoms with Gasteiger partial charge < -0.3 is 9.64 Å². The Balaban J connectivity index is 2.60. The van der Waals surface area contributed by atoms with Gasteiger partial charge in [0.2, 0.25) is 5.91 Å². The van der Waals surface area contributed by atoms with Crippen LogP contribution < -0.4 is 4.74 Å². The highest BCUT2D eigenvalue weighted by Gasteiger charge is 2.16. The van der Waals surface area contributed by atoms with E-state index in [0.29, 0.717) is 17.7 Å². The van der Waals surface area contributed by atoms with Gasteiger partial charge in [0, 0.05) is 26.1 Å². The van der Waals surface area contributed by atoms with Gasteiger partial charge in [-0.3, -0.25) is 4.79 Å². The topological polar surface area (TPSA) is 63.7 Å². The number of amides is 1. The van der Waals surface area contributed by atoms with Crippen LogP contribution in [0.5, 0.6) is 5.75 Å². The quantitative estimate of drug-likeness (QED) is 0.765. The summed E-state index contributed by atoms with van der Waals surface area (Å²) >= 11 is 0. The van der Waals surface area contributed by atoms with Crippen LogP contribution in [0.15, 0.2) is 24.3 Å². The maximum absolute atomic E-state index is 12.0. The second kappa shape index (κ2) is 7.28. The number of carbonyl (C=O) groups is 1. The molecular weight excluding hydrogens is 278 g/mol. The summed E-state index contributed by atoms with van der Waals surface area (Å²) in [7, 11) is 1.59. The number of carbonyl (C=O) groups excluding carboxylic acids is 1. The molecule has 0 aliphatic heterocycles. The summed E-state index contributed by atoms with van der Waals surface area (Å²) in [5.41, 5.74) is 0.647. The minimum atomic E-state index is -3.24. The highest BCUT2D eigenvalue weighted by Crippen LogP contribution is 2.20. The Labute approximate surface area is 120 Å². The third-order valence-electron chi connectivity index (χ3n) is 2.91. The molecule has 1 rings (SSSR count). The summed E-state index contributed by atoms with van der Waals surface area (Å²) in [6, 6.07) is 7.05. The molecule has 0 heterocycles. The molecule has 0 aliphatic rings. The van der Waals surface area contributed by atoms with E-state index in [1.165, 1.54) is 12.0 Å². The average Bonchev–Trinajstić information content (AvgIpc) is 2.38.